The van der Waals surface area contributed by atoms with Crippen molar-refractivity contribution in [3.63, 3.8) is 0 Å². The summed E-state index contributed by atoms with van der Waals surface area (Å²) in [6.45, 7) is -0.0520. The van der Waals surface area contributed by atoms with Gasteiger partial charge in [0, 0.05) is 13.6 Å². The van der Waals surface area contributed by atoms with E-state index in [0.717, 1.165) is 4.90 Å². The third-order valence-corrected chi connectivity index (χ3v) is 2.75. The number of aromatic carboxylic acids is 1. The fourth-order valence-corrected chi connectivity index (χ4v) is 1.57. The molecule has 1 aromatic carbocycles. The molecular formula is C13H13F2NO5. The molecule has 0 aromatic heterocycles. The van der Waals surface area contributed by atoms with E-state index < -0.39 is 40.6 Å². The molecule has 0 atom stereocenters. The standard InChI is InChI=1S/C13H13F2NO5/c1-16(4-3-11(17)21-2)12(18)7-5-9(14)10(15)6-8(7)13(19)20/h5-6H,3-4H2,1-2H3,(H,19,20). The van der Waals surface area contributed by atoms with Crippen LogP contribution in [-0.4, -0.2) is 48.6 Å². The SMILES string of the molecule is COC(=O)CCN(C)C(=O)c1cc(F)c(F)cc1C(=O)O. The first-order valence-corrected chi connectivity index (χ1v) is 5.82. The second-order valence-electron chi connectivity index (χ2n) is 4.17. The van der Waals surface area contributed by atoms with Crippen LogP contribution >= 0.6 is 0 Å². The molecule has 0 radical (unpaired) electrons. The lowest BCUT2D eigenvalue weighted by atomic mass is 10.1. The highest BCUT2D eigenvalue weighted by atomic mass is 19.2. The number of carbonyl (C=O) groups is 3. The number of amides is 1. The Morgan fingerprint density at radius 2 is 1.71 bits per heavy atom. The Morgan fingerprint density at radius 3 is 2.19 bits per heavy atom. The quantitative estimate of drug-likeness (QED) is 0.829. The van der Waals surface area contributed by atoms with Gasteiger partial charge in [-0.3, -0.25) is 9.59 Å². The molecule has 6 nitrogen and oxygen atoms in total. The van der Waals surface area contributed by atoms with Gasteiger partial charge < -0.3 is 14.7 Å². The van der Waals surface area contributed by atoms with Gasteiger partial charge in [0.05, 0.1) is 24.7 Å². The minimum absolute atomic E-state index is 0.0520. The Labute approximate surface area is 118 Å². The average molecular weight is 301 g/mol. The number of carbonyl (C=O) groups excluding carboxylic acids is 2. The summed E-state index contributed by atoms with van der Waals surface area (Å²) in [5, 5.41) is 8.93. The van der Waals surface area contributed by atoms with Crippen molar-refractivity contribution in [2.45, 2.75) is 6.42 Å². The number of methoxy groups -OCH3 is 1. The lowest BCUT2D eigenvalue weighted by Gasteiger charge is -2.17. The highest BCUT2D eigenvalue weighted by molar-refractivity contribution is 6.04. The van der Waals surface area contributed by atoms with Crippen molar-refractivity contribution in [1.29, 1.82) is 0 Å². The van der Waals surface area contributed by atoms with Gasteiger partial charge in [-0.15, -0.1) is 0 Å². The Bertz CT molecular complexity index is 588. The van der Waals surface area contributed by atoms with Crippen LogP contribution < -0.4 is 0 Å². The number of halogens is 2. The van der Waals surface area contributed by atoms with Gasteiger partial charge in [-0.2, -0.15) is 0 Å². The largest absolute Gasteiger partial charge is 0.478 e. The van der Waals surface area contributed by atoms with E-state index in [1.165, 1.54) is 14.2 Å². The fourth-order valence-electron chi connectivity index (χ4n) is 1.57. The average Bonchev–Trinajstić information content (AvgIpc) is 2.45. The molecule has 0 heterocycles. The molecule has 1 aromatic rings. The second-order valence-corrected chi connectivity index (χ2v) is 4.17. The van der Waals surface area contributed by atoms with Gasteiger partial charge in [0.15, 0.2) is 11.6 Å². The normalized spacial score (nSPS) is 10.1. The van der Waals surface area contributed by atoms with Gasteiger partial charge in [-0.05, 0) is 12.1 Å². The van der Waals surface area contributed by atoms with E-state index in [9.17, 15) is 23.2 Å². The van der Waals surface area contributed by atoms with Crippen LogP contribution in [0.15, 0.2) is 12.1 Å². The number of hydrogen-bond donors (Lipinski definition) is 1. The summed E-state index contributed by atoms with van der Waals surface area (Å²) in [5.74, 6) is -5.64. The summed E-state index contributed by atoms with van der Waals surface area (Å²) >= 11 is 0. The molecule has 1 rings (SSSR count). The molecule has 0 aliphatic carbocycles. The number of rotatable bonds is 5. The van der Waals surface area contributed by atoms with Crippen molar-refractivity contribution in [2.75, 3.05) is 20.7 Å². The molecule has 0 saturated carbocycles. The van der Waals surface area contributed by atoms with Crippen LogP contribution in [0.3, 0.4) is 0 Å². The van der Waals surface area contributed by atoms with E-state index in [2.05, 4.69) is 4.74 Å². The molecule has 0 spiro atoms. The molecule has 0 aliphatic rings. The van der Waals surface area contributed by atoms with Crippen LogP contribution in [0, 0.1) is 11.6 Å². The first kappa shape index (κ1) is 16.5. The van der Waals surface area contributed by atoms with Crippen molar-refractivity contribution < 1.29 is 33.0 Å². The van der Waals surface area contributed by atoms with Crippen molar-refractivity contribution in [3.8, 4) is 0 Å². The minimum atomic E-state index is -1.56. The summed E-state index contributed by atoms with van der Waals surface area (Å²) in [6.07, 6.45) is -0.106. The first-order chi connectivity index (χ1) is 9.77. The first-order valence-electron chi connectivity index (χ1n) is 5.82. The monoisotopic (exact) mass is 301 g/mol. The smallest absolute Gasteiger partial charge is 0.336 e. The van der Waals surface area contributed by atoms with Crippen LogP contribution in [0.4, 0.5) is 8.78 Å². The molecule has 21 heavy (non-hydrogen) atoms. The highest BCUT2D eigenvalue weighted by Crippen LogP contribution is 2.17. The van der Waals surface area contributed by atoms with Crippen LogP contribution in [0.1, 0.15) is 27.1 Å². The third-order valence-electron chi connectivity index (χ3n) is 2.75. The highest BCUT2D eigenvalue weighted by Gasteiger charge is 2.23. The Kier molecular flexibility index (Phi) is 5.34. The lowest BCUT2D eigenvalue weighted by molar-refractivity contribution is -0.140. The molecule has 1 amide bonds. The number of ether oxygens (including phenoxy) is 1. The maximum absolute atomic E-state index is 13.2. The number of benzene rings is 1. The number of carboxylic acids is 1. The number of nitrogens with zero attached hydrogens (tertiary/aromatic N) is 1. The van der Waals surface area contributed by atoms with E-state index >= 15 is 0 Å². The van der Waals surface area contributed by atoms with Crippen LogP contribution in [0.25, 0.3) is 0 Å². The minimum Gasteiger partial charge on any atom is -0.478 e. The van der Waals surface area contributed by atoms with E-state index in [1.807, 2.05) is 0 Å². The molecule has 0 unspecified atom stereocenters. The van der Waals surface area contributed by atoms with Crippen LogP contribution in [-0.2, 0) is 9.53 Å². The molecule has 1 N–H and O–H groups in total. The molecular weight excluding hydrogens is 288 g/mol. The lowest BCUT2D eigenvalue weighted by Crippen LogP contribution is -2.30. The maximum atomic E-state index is 13.2. The van der Waals surface area contributed by atoms with Gasteiger partial charge in [-0.1, -0.05) is 0 Å². The summed E-state index contributed by atoms with van der Waals surface area (Å²) in [6, 6.07) is 0.967. The predicted octanol–water partition coefficient (Wildman–Crippen LogP) is 1.30. The topological polar surface area (TPSA) is 83.9 Å². The third kappa shape index (κ3) is 3.98. The molecule has 0 saturated heterocycles. The summed E-state index contributed by atoms with van der Waals surface area (Å²) in [5.41, 5.74) is -1.14. The molecule has 8 heteroatoms. The number of esters is 1. The Balaban J connectivity index is 3.03. The van der Waals surface area contributed by atoms with E-state index in [4.69, 9.17) is 5.11 Å². The summed E-state index contributed by atoms with van der Waals surface area (Å²) in [7, 11) is 2.49. The van der Waals surface area contributed by atoms with Gasteiger partial charge >= 0.3 is 11.9 Å². The molecule has 0 aliphatic heterocycles. The zero-order valence-corrected chi connectivity index (χ0v) is 11.4. The summed E-state index contributed by atoms with van der Waals surface area (Å²) in [4.78, 5) is 35.1. The van der Waals surface area contributed by atoms with Crippen molar-refractivity contribution in [1.82, 2.24) is 4.90 Å². The van der Waals surface area contributed by atoms with Gasteiger partial charge in [0.2, 0.25) is 0 Å². The van der Waals surface area contributed by atoms with Crippen molar-refractivity contribution in [2.24, 2.45) is 0 Å². The fraction of sp³-hybridized carbons (Fsp3) is 0.308. The van der Waals surface area contributed by atoms with Crippen LogP contribution in [0.2, 0.25) is 0 Å². The number of carboxylic acid groups (broad SMARTS) is 1. The number of hydrogen-bond acceptors (Lipinski definition) is 4. The van der Waals surface area contributed by atoms with Gasteiger partial charge in [0.25, 0.3) is 5.91 Å². The van der Waals surface area contributed by atoms with Crippen LogP contribution in [0.5, 0.6) is 0 Å². The van der Waals surface area contributed by atoms with E-state index in [-0.39, 0.29) is 13.0 Å². The second kappa shape index (κ2) is 6.78. The maximum Gasteiger partial charge on any atom is 0.336 e. The van der Waals surface area contributed by atoms with E-state index in [1.54, 1.807) is 0 Å². The van der Waals surface area contributed by atoms with Crippen molar-refractivity contribution >= 4 is 17.8 Å². The molecule has 114 valence electrons. The predicted molar refractivity (Wildman–Crippen MR) is 66.9 cm³/mol. The van der Waals surface area contributed by atoms with E-state index in [0.29, 0.717) is 12.1 Å². The molecule has 0 fully saturated rings. The zero-order valence-electron chi connectivity index (χ0n) is 11.4. The van der Waals surface area contributed by atoms with Crippen molar-refractivity contribution in [3.05, 3.63) is 34.9 Å². The zero-order chi connectivity index (χ0) is 16.2. The summed E-state index contributed by atoms with van der Waals surface area (Å²) < 4.78 is 30.7. The Morgan fingerprint density at radius 1 is 1.19 bits per heavy atom. The van der Waals surface area contributed by atoms with Gasteiger partial charge in [0.1, 0.15) is 0 Å². The molecule has 0 bridgehead atoms. The Hall–Kier alpha value is -2.51. The van der Waals surface area contributed by atoms with Gasteiger partial charge in [-0.25, -0.2) is 13.6 Å².